The Morgan fingerprint density at radius 2 is 1.93 bits per heavy atom. The molecule has 3 aromatic rings. The van der Waals surface area contributed by atoms with Gasteiger partial charge >= 0.3 is 0 Å². The second-order valence-corrected chi connectivity index (χ2v) is 3.37. The molecule has 1 aromatic carbocycles. The second kappa shape index (κ2) is 2.84. The zero-order valence-corrected chi connectivity index (χ0v) is 7.86. The molecule has 5 heteroatoms. The molecule has 15 heavy (non-hydrogen) atoms. The number of nitrogens with two attached hydrogens (primary N) is 1. The lowest BCUT2D eigenvalue weighted by Gasteiger charge is -1.98. The lowest BCUT2D eigenvalue weighted by molar-refractivity contribution is 1.10. The lowest BCUT2D eigenvalue weighted by Crippen LogP contribution is -1.87. The van der Waals surface area contributed by atoms with Crippen LogP contribution in [-0.4, -0.2) is 20.4 Å². The van der Waals surface area contributed by atoms with Gasteiger partial charge in [-0.25, -0.2) is 0 Å². The minimum absolute atomic E-state index is 0.578. The number of nitrogens with one attached hydrogen (secondary N) is 2. The summed E-state index contributed by atoms with van der Waals surface area (Å²) in [6.45, 7) is 0. The van der Waals surface area contributed by atoms with E-state index in [1.54, 1.807) is 12.4 Å². The summed E-state index contributed by atoms with van der Waals surface area (Å²) in [7, 11) is 0. The smallest absolute Gasteiger partial charge is 0.126 e. The highest BCUT2D eigenvalue weighted by atomic mass is 15.1. The van der Waals surface area contributed by atoms with Gasteiger partial charge in [-0.2, -0.15) is 10.2 Å². The Balaban J connectivity index is 2.23. The van der Waals surface area contributed by atoms with Crippen molar-refractivity contribution in [1.29, 1.82) is 0 Å². The van der Waals surface area contributed by atoms with Crippen LogP contribution in [0.15, 0.2) is 30.6 Å². The van der Waals surface area contributed by atoms with Crippen molar-refractivity contribution in [3.05, 3.63) is 30.6 Å². The number of nitrogen functional groups attached to an aromatic ring is 1. The monoisotopic (exact) mass is 199 g/mol. The fraction of sp³-hybridized carbons (Fsp3) is 0. The van der Waals surface area contributed by atoms with Crippen LogP contribution in [-0.2, 0) is 0 Å². The van der Waals surface area contributed by atoms with Crippen molar-refractivity contribution >= 4 is 16.7 Å². The first-order valence-corrected chi connectivity index (χ1v) is 4.57. The number of aromatic nitrogens is 4. The summed E-state index contributed by atoms with van der Waals surface area (Å²) in [6.07, 6.45) is 3.50. The maximum absolute atomic E-state index is 5.75. The van der Waals surface area contributed by atoms with Gasteiger partial charge in [-0.1, -0.05) is 12.1 Å². The van der Waals surface area contributed by atoms with Gasteiger partial charge in [0.25, 0.3) is 0 Å². The highest BCUT2D eigenvalue weighted by molar-refractivity contribution is 5.85. The summed E-state index contributed by atoms with van der Waals surface area (Å²) in [4.78, 5) is 0. The number of hydrogen-bond acceptors (Lipinski definition) is 3. The Labute approximate surface area is 85.3 Å². The summed E-state index contributed by atoms with van der Waals surface area (Å²) in [5.41, 5.74) is 8.68. The van der Waals surface area contributed by atoms with E-state index < -0.39 is 0 Å². The maximum atomic E-state index is 5.75. The van der Waals surface area contributed by atoms with Gasteiger partial charge in [0.1, 0.15) is 5.82 Å². The summed E-state index contributed by atoms with van der Waals surface area (Å²) < 4.78 is 0. The first kappa shape index (κ1) is 8.05. The summed E-state index contributed by atoms with van der Waals surface area (Å²) in [5, 5.41) is 14.6. The average Bonchev–Trinajstić information content (AvgIpc) is 2.84. The molecule has 0 unspecified atom stereocenters. The summed E-state index contributed by atoms with van der Waals surface area (Å²) in [5.74, 6) is 0.578. The highest BCUT2D eigenvalue weighted by Crippen LogP contribution is 2.26. The van der Waals surface area contributed by atoms with Gasteiger partial charge in [0.15, 0.2) is 0 Å². The molecule has 0 radical (unpaired) electrons. The number of nitrogens with zero attached hydrogens (tertiary/aromatic N) is 2. The van der Waals surface area contributed by atoms with Crippen LogP contribution in [0.1, 0.15) is 0 Å². The predicted octanol–water partition coefficient (Wildman–Crippen LogP) is 1.54. The van der Waals surface area contributed by atoms with E-state index in [0.717, 1.165) is 22.0 Å². The number of benzene rings is 1. The van der Waals surface area contributed by atoms with Crippen LogP contribution in [0.25, 0.3) is 22.0 Å². The topological polar surface area (TPSA) is 83.4 Å². The Morgan fingerprint density at radius 1 is 1.07 bits per heavy atom. The van der Waals surface area contributed by atoms with E-state index in [0.29, 0.717) is 5.82 Å². The molecule has 0 amide bonds. The standard InChI is InChI=1S/C10H9N5/c11-10-8(5-13-15-10)6-1-2-7-4-12-14-9(7)3-6/h1-5H,(H,12,14)(H3,11,13,15). The van der Waals surface area contributed by atoms with Crippen molar-refractivity contribution in [2.75, 3.05) is 5.73 Å². The molecule has 4 N–H and O–H groups in total. The van der Waals surface area contributed by atoms with Crippen LogP contribution >= 0.6 is 0 Å². The SMILES string of the molecule is Nc1[nH]ncc1-c1ccc2cn[nH]c2c1. The van der Waals surface area contributed by atoms with Crippen molar-refractivity contribution in [1.82, 2.24) is 20.4 Å². The third kappa shape index (κ3) is 1.17. The molecule has 0 saturated carbocycles. The highest BCUT2D eigenvalue weighted by Gasteiger charge is 2.05. The zero-order chi connectivity index (χ0) is 10.3. The van der Waals surface area contributed by atoms with E-state index in [1.807, 2.05) is 18.2 Å². The third-order valence-electron chi connectivity index (χ3n) is 2.42. The Hall–Kier alpha value is -2.30. The van der Waals surface area contributed by atoms with E-state index in [2.05, 4.69) is 20.4 Å². The zero-order valence-electron chi connectivity index (χ0n) is 7.86. The molecule has 0 aliphatic rings. The molecule has 0 aliphatic carbocycles. The number of H-pyrrole nitrogens is 2. The van der Waals surface area contributed by atoms with Crippen molar-refractivity contribution in [2.24, 2.45) is 0 Å². The maximum Gasteiger partial charge on any atom is 0.126 e. The molecule has 3 rings (SSSR count). The van der Waals surface area contributed by atoms with Crippen LogP contribution in [0, 0.1) is 0 Å². The summed E-state index contributed by atoms with van der Waals surface area (Å²) in [6, 6.07) is 6.00. The van der Waals surface area contributed by atoms with E-state index >= 15 is 0 Å². The van der Waals surface area contributed by atoms with Crippen LogP contribution in [0.4, 0.5) is 5.82 Å². The van der Waals surface area contributed by atoms with Gasteiger partial charge in [0.2, 0.25) is 0 Å². The number of anilines is 1. The molecule has 0 fully saturated rings. The number of aromatic amines is 2. The van der Waals surface area contributed by atoms with Gasteiger partial charge < -0.3 is 5.73 Å². The normalized spacial score (nSPS) is 10.9. The molecular weight excluding hydrogens is 190 g/mol. The minimum Gasteiger partial charge on any atom is -0.384 e. The largest absolute Gasteiger partial charge is 0.384 e. The van der Waals surface area contributed by atoms with Crippen LogP contribution in [0.3, 0.4) is 0 Å². The van der Waals surface area contributed by atoms with E-state index in [9.17, 15) is 0 Å². The minimum atomic E-state index is 0.578. The first-order valence-electron chi connectivity index (χ1n) is 4.57. The van der Waals surface area contributed by atoms with Crippen LogP contribution in [0.2, 0.25) is 0 Å². The third-order valence-corrected chi connectivity index (χ3v) is 2.42. The fourth-order valence-corrected chi connectivity index (χ4v) is 1.63. The van der Waals surface area contributed by atoms with Gasteiger partial charge in [-0.15, -0.1) is 0 Å². The van der Waals surface area contributed by atoms with Crippen molar-refractivity contribution in [2.45, 2.75) is 0 Å². The fourth-order valence-electron chi connectivity index (χ4n) is 1.63. The molecule has 2 aromatic heterocycles. The molecule has 0 saturated heterocycles. The van der Waals surface area contributed by atoms with Crippen molar-refractivity contribution in [3.8, 4) is 11.1 Å². The van der Waals surface area contributed by atoms with Gasteiger partial charge in [0, 0.05) is 10.9 Å². The molecule has 0 atom stereocenters. The van der Waals surface area contributed by atoms with Crippen LogP contribution < -0.4 is 5.73 Å². The number of hydrogen-bond donors (Lipinski definition) is 3. The molecule has 0 aliphatic heterocycles. The Bertz CT molecular complexity index is 607. The quantitative estimate of drug-likeness (QED) is 0.555. The van der Waals surface area contributed by atoms with Gasteiger partial charge in [-0.3, -0.25) is 10.2 Å². The Kier molecular flexibility index (Phi) is 1.53. The summed E-state index contributed by atoms with van der Waals surface area (Å²) >= 11 is 0. The molecule has 2 heterocycles. The molecule has 74 valence electrons. The molecule has 0 spiro atoms. The second-order valence-electron chi connectivity index (χ2n) is 3.37. The van der Waals surface area contributed by atoms with Crippen LogP contribution in [0.5, 0.6) is 0 Å². The molecule has 5 nitrogen and oxygen atoms in total. The van der Waals surface area contributed by atoms with Gasteiger partial charge in [0.05, 0.1) is 17.9 Å². The van der Waals surface area contributed by atoms with E-state index in [4.69, 9.17) is 5.73 Å². The average molecular weight is 199 g/mol. The van der Waals surface area contributed by atoms with Gasteiger partial charge in [-0.05, 0) is 11.6 Å². The molecule has 0 bridgehead atoms. The Morgan fingerprint density at radius 3 is 2.73 bits per heavy atom. The van der Waals surface area contributed by atoms with Crippen molar-refractivity contribution < 1.29 is 0 Å². The number of rotatable bonds is 1. The van der Waals surface area contributed by atoms with Crippen molar-refractivity contribution in [3.63, 3.8) is 0 Å². The predicted molar refractivity (Wildman–Crippen MR) is 58.1 cm³/mol. The van der Waals surface area contributed by atoms with E-state index in [1.165, 1.54) is 0 Å². The first-order chi connectivity index (χ1) is 7.34. The van der Waals surface area contributed by atoms with E-state index in [-0.39, 0.29) is 0 Å². The lowest BCUT2D eigenvalue weighted by atomic mass is 10.1. The molecular formula is C10H9N5. The number of fused-ring (bicyclic) bond motifs is 1.